The molecule has 1 aliphatic rings. The second-order valence-electron chi connectivity index (χ2n) is 6.14. The van der Waals surface area contributed by atoms with Crippen LogP contribution < -0.4 is 5.32 Å². The minimum absolute atomic E-state index is 0.0638. The summed E-state index contributed by atoms with van der Waals surface area (Å²) in [7, 11) is 4.02. The van der Waals surface area contributed by atoms with Crippen molar-refractivity contribution in [3.8, 4) is 0 Å². The lowest BCUT2D eigenvalue weighted by Crippen LogP contribution is -2.52. The Kier molecular flexibility index (Phi) is 6.21. The van der Waals surface area contributed by atoms with E-state index >= 15 is 0 Å². The molecule has 0 spiro atoms. The number of nitrogens with one attached hydrogen (secondary N) is 1. The van der Waals surface area contributed by atoms with Gasteiger partial charge in [-0.1, -0.05) is 30.3 Å². The van der Waals surface area contributed by atoms with E-state index in [1.807, 2.05) is 25.1 Å². The molecule has 1 N–H and O–H groups in total. The molecule has 1 fully saturated rings. The van der Waals surface area contributed by atoms with E-state index in [4.69, 9.17) is 0 Å². The molecule has 122 valence electrons. The van der Waals surface area contributed by atoms with Gasteiger partial charge in [-0.15, -0.1) is 0 Å². The number of hydrogen-bond acceptors (Lipinski definition) is 3. The summed E-state index contributed by atoms with van der Waals surface area (Å²) in [5, 5.41) is 2.99. The molecule has 0 saturated carbocycles. The van der Waals surface area contributed by atoms with Crippen molar-refractivity contribution in [1.29, 1.82) is 0 Å². The monoisotopic (exact) mass is 304 g/mol. The summed E-state index contributed by atoms with van der Waals surface area (Å²) >= 11 is 0. The van der Waals surface area contributed by atoms with Crippen LogP contribution in [-0.4, -0.2) is 74.1 Å². The number of likely N-dealkylation sites (N-methyl/N-ethyl adjacent to an activating group) is 1. The van der Waals surface area contributed by atoms with Crippen LogP contribution in [0.3, 0.4) is 0 Å². The van der Waals surface area contributed by atoms with Crippen LogP contribution in [0.25, 0.3) is 0 Å². The van der Waals surface area contributed by atoms with Gasteiger partial charge >= 0.3 is 6.03 Å². The van der Waals surface area contributed by atoms with Crippen molar-refractivity contribution >= 4 is 6.03 Å². The maximum atomic E-state index is 12.1. The first kappa shape index (κ1) is 16.8. The molecule has 0 aromatic heterocycles. The van der Waals surface area contributed by atoms with Crippen molar-refractivity contribution in [3.63, 3.8) is 0 Å². The second kappa shape index (κ2) is 8.15. The number of hydrogen-bond donors (Lipinski definition) is 1. The summed E-state index contributed by atoms with van der Waals surface area (Å²) in [4.78, 5) is 18.5. The van der Waals surface area contributed by atoms with Gasteiger partial charge in [0, 0.05) is 45.3 Å². The van der Waals surface area contributed by atoms with E-state index in [0.717, 1.165) is 32.7 Å². The van der Waals surface area contributed by atoms with E-state index in [9.17, 15) is 4.79 Å². The third kappa shape index (κ3) is 4.71. The second-order valence-corrected chi connectivity index (χ2v) is 6.14. The first-order valence-corrected chi connectivity index (χ1v) is 8.04. The van der Waals surface area contributed by atoms with Crippen LogP contribution in [0.15, 0.2) is 30.3 Å². The van der Waals surface area contributed by atoms with Gasteiger partial charge in [0.25, 0.3) is 0 Å². The minimum Gasteiger partial charge on any atom is -0.337 e. The smallest absolute Gasteiger partial charge is 0.317 e. The van der Waals surface area contributed by atoms with E-state index in [2.05, 4.69) is 46.3 Å². The van der Waals surface area contributed by atoms with Gasteiger partial charge in [-0.3, -0.25) is 4.90 Å². The van der Waals surface area contributed by atoms with Crippen molar-refractivity contribution in [1.82, 2.24) is 20.0 Å². The van der Waals surface area contributed by atoms with Gasteiger partial charge in [-0.25, -0.2) is 4.79 Å². The van der Waals surface area contributed by atoms with Crippen LogP contribution >= 0.6 is 0 Å². The van der Waals surface area contributed by atoms with Crippen molar-refractivity contribution in [2.45, 2.75) is 13.0 Å². The molecule has 5 heteroatoms. The number of carbonyl (C=O) groups is 1. The number of rotatable bonds is 5. The molecule has 1 aromatic rings. The zero-order valence-electron chi connectivity index (χ0n) is 14.0. The number of nitrogens with zero attached hydrogens (tertiary/aromatic N) is 3. The maximum absolute atomic E-state index is 12.1. The molecule has 1 aromatic carbocycles. The molecule has 2 amide bonds. The molecule has 1 atom stereocenters. The predicted molar refractivity (Wildman–Crippen MR) is 90.0 cm³/mol. The molecule has 2 rings (SSSR count). The average Bonchev–Trinajstić information content (AvgIpc) is 2.54. The van der Waals surface area contributed by atoms with Gasteiger partial charge in [-0.05, 0) is 26.6 Å². The average molecular weight is 304 g/mol. The van der Waals surface area contributed by atoms with Crippen LogP contribution in [0, 0.1) is 0 Å². The fourth-order valence-electron chi connectivity index (χ4n) is 2.75. The van der Waals surface area contributed by atoms with Crippen molar-refractivity contribution < 1.29 is 4.79 Å². The summed E-state index contributed by atoms with van der Waals surface area (Å²) in [6, 6.07) is 11.0. The van der Waals surface area contributed by atoms with Crippen LogP contribution in [0.1, 0.15) is 18.5 Å². The summed E-state index contributed by atoms with van der Waals surface area (Å²) in [6.07, 6.45) is 0. The zero-order valence-corrected chi connectivity index (χ0v) is 14.0. The Morgan fingerprint density at radius 3 is 2.41 bits per heavy atom. The lowest BCUT2D eigenvalue weighted by Gasteiger charge is -2.38. The third-order valence-electron chi connectivity index (χ3n) is 4.27. The molecule has 22 heavy (non-hydrogen) atoms. The van der Waals surface area contributed by atoms with Gasteiger partial charge in [-0.2, -0.15) is 0 Å². The number of benzene rings is 1. The van der Waals surface area contributed by atoms with E-state index < -0.39 is 0 Å². The van der Waals surface area contributed by atoms with E-state index in [1.54, 1.807) is 0 Å². The SMILES string of the molecule is CC(c1ccccc1)N1CCN(C(=O)NCCN(C)C)CC1. The Balaban J connectivity index is 1.77. The summed E-state index contributed by atoms with van der Waals surface area (Å²) in [5.41, 5.74) is 1.34. The molecule has 1 heterocycles. The maximum Gasteiger partial charge on any atom is 0.317 e. The predicted octanol–water partition coefficient (Wildman–Crippen LogP) is 1.64. The first-order valence-electron chi connectivity index (χ1n) is 8.04. The highest BCUT2D eigenvalue weighted by Gasteiger charge is 2.24. The highest BCUT2D eigenvalue weighted by Crippen LogP contribution is 2.21. The fourth-order valence-corrected chi connectivity index (χ4v) is 2.75. The molecule has 0 bridgehead atoms. The molecular formula is C17H28N4O. The van der Waals surface area contributed by atoms with Gasteiger partial charge in [0.15, 0.2) is 0 Å². The molecule has 5 nitrogen and oxygen atoms in total. The third-order valence-corrected chi connectivity index (χ3v) is 4.27. The number of carbonyl (C=O) groups excluding carboxylic acids is 1. The quantitative estimate of drug-likeness (QED) is 0.899. The van der Waals surface area contributed by atoms with Crippen LogP contribution in [0.2, 0.25) is 0 Å². The topological polar surface area (TPSA) is 38.8 Å². The highest BCUT2D eigenvalue weighted by atomic mass is 16.2. The molecular weight excluding hydrogens is 276 g/mol. The number of piperazine rings is 1. The van der Waals surface area contributed by atoms with Gasteiger partial charge in [0.2, 0.25) is 0 Å². The Hall–Kier alpha value is -1.59. The van der Waals surface area contributed by atoms with E-state index in [0.29, 0.717) is 12.6 Å². The molecule has 0 aliphatic carbocycles. The van der Waals surface area contributed by atoms with Crippen molar-refractivity contribution in [2.24, 2.45) is 0 Å². The molecule has 1 aliphatic heterocycles. The Morgan fingerprint density at radius 1 is 1.18 bits per heavy atom. The number of urea groups is 1. The van der Waals surface area contributed by atoms with Gasteiger partial charge < -0.3 is 15.1 Å². The molecule has 1 unspecified atom stereocenters. The summed E-state index contributed by atoms with van der Waals surface area (Å²) in [6.45, 7) is 7.26. The molecule has 0 radical (unpaired) electrons. The largest absolute Gasteiger partial charge is 0.337 e. The Bertz CT molecular complexity index is 455. The van der Waals surface area contributed by atoms with Gasteiger partial charge in [0.1, 0.15) is 0 Å². The first-order chi connectivity index (χ1) is 10.6. The van der Waals surface area contributed by atoms with Crippen LogP contribution in [0.4, 0.5) is 4.79 Å². The lowest BCUT2D eigenvalue weighted by atomic mass is 10.1. The van der Waals surface area contributed by atoms with E-state index in [-0.39, 0.29) is 6.03 Å². The summed E-state index contributed by atoms with van der Waals surface area (Å²) < 4.78 is 0. The van der Waals surface area contributed by atoms with Gasteiger partial charge in [0.05, 0.1) is 0 Å². The van der Waals surface area contributed by atoms with Crippen LogP contribution in [-0.2, 0) is 0 Å². The lowest BCUT2D eigenvalue weighted by molar-refractivity contribution is 0.114. The number of amides is 2. The summed E-state index contributed by atoms with van der Waals surface area (Å²) in [5.74, 6) is 0. The van der Waals surface area contributed by atoms with Crippen LogP contribution in [0.5, 0.6) is 0 Å². The van der Waals surface area contributed by atoms with E-state index in [1.165, 1.54) is 5.56 Å². The van der Waals surface area contributed by atoms with Crippen molar-refractivity contribution in [2.75, 3.05) is 53.4 Å². The Labute approximate surface area is 133 Å². The standard InChI is InChI=1S/C17H28N4O/c1-15(16-7-5-4-6-8-16)20-11-13-21(14-12-20)17(22)18-9-10-19(2)3/h4-8,15H,9-14H2,1-3H3,(H,18,22). The highest BCUT2D eigenvalue weighted by molar-refractivity contribution is 5.74. The fraction of sp³-hybridized carbons (Fsp3) is 0.588. The van der Waals surface area contributed by atoms with Crippen molar-refractivity contribution in [3.05, 3.63) is 35.9 Å². The Morgan fingerprint density at radius 2 is 1.82 bits per heavy atom. The zero-order chi connectivity index (χ0) is 15.9. The minimum atomic E-state index is 0.0638. The molecule has 1 saturated heterocycles. The normalized spacial score (nSPS) is 17.5.